The van der Waals surface area contributed by atoms with E-state index in [9.17, 15) is 19.5 Å². The Morgan fingerprint density at radius 3 is 2.60 bits per heavy atom. The molecule has 0 radical (unpaired) electrons. The van der Waals surface area contributed by atoms with Crippen molar-refractivity contribution in [1.82, 2.24) is 0 Å². The van der Waals surface area contributed by atoms with Crippen molar-refractivity contribution in [2.24, 2.45) is 28.1 Å². The number of cyclic esters (lactones) is 1. The van der Waals surface area contributed by atoms with Crippen LogP contribution in [0, 0.1) is 28.1 Å². The third-order valence-corrected chi connectivity index (χ3v) is 9.96. The second-order valence-corrected chi connectivity index (χ2v) is 11.7. The van der Waals surface area contributed by atoms with Gasteiger partial charge in [-0.2, -0.15) is 0 Å². The smallest absolute Gasteiger partial charge is 0.335 e. The highest BCUT2D eigenvalue weighted by Crippen LogP contribution is 2.71. The molecule has 2 saturated carbocycles. The maximum Gasteiger partial charge on any atom is 0.335 e. The number of aliphatic hydroxyl groups excluding tert-OH is 1. The summed E-state index contributed by atoms with van der Waals surface area (Å²) in [5.41, 5.74) is -1.92. The Balaban J connectivity index is 1.65. The van der Waals surface area contributed by atoms with Crippen LogP contribution in [0.25, 0.3) is 0 Å². The summed E-state index contributed by atoms with van der Waals surface area (Å²) in [5, 5.41) is 11.2. The van der Waals surface area contributed by atoms with Gasteiger partial charge in [-0.05, 0) is 30.4 Å². The highest BCUT2D eigenvalue weighted by Gasteiger charge is 2.74. The fourth-order valence-electron chi connectivity index (χ4n) is 8.08. The number of esters is 2. The summed E-state index contributed by atoms with van der Waals surface area (Å²) >= 11 is 0. The average Bonchev–Trinajstić information content (AvgIpc) is 3.32. The van der Waals surface area contributed by atoms with E-state index in [0.29, 0.717) is 12.8 Å². The van der Waals surface area contributed by atoms with E-state index >= 15 is 0 Å². The zero-order chi connectivity index (χ0) is 25.6. The number of hydrogen-bond acceptors (Lipinski definition) is 8. The number of carbonyl (C=O) groups is 3. The third-order valence-electron chi connectivity index (χ3n) is 9.96. The molecule has 2 saturated heterocycles. The van der Waals surface area contributed by atoms with Crippen LogP contribution in [0.2, 0.25) is 0 Å². The van der Waals surface area contributed by atoms with Gasteiger partial charge < -0.3 is 23.7 Å². The monoisotopic (exact) mass is 486 g/mol. The number of fused-ring (bicyclic) bond motifs is 3. The van der Waals surface area contributed by atoms with Gasteiger partial charge in [0, 0.05) is 34.1 Å². The highest BCUT2D eigenvalue weighted by molar-refractivity contribution is 5.88. The molecule has 0 amide bonds. The van der Waals surface area contributed by atoms with Gasteiger partial charge in [0.2, 0.25) is 0 Å². The fourth-order valence-corrected chi connectivity index (χ4v) is 8.08. The first-order valence-corrected chi connectivity index (χ1v) is 12.2. The highest BCUT2D eigenvalue weighted by atomic mass is 16.6. The minimum atomic E-state index is -1.50. The van der Waals surface area contributed by atoms with Gasteiger partial charge >= 0.3 is 11.9 Å². The van der Waals surface area contributed by atoms with E-state index in [1.165, 1.54) is 7.11 Å². The number of Topliss-reactive ketones (excluding diaryl/α,β-unsaturated/α-hetero) is 1. The van der Waals surface area contributed by atoms with Gasteiger partial charge in [0.15, 0.2) is 6.10 Å². The minimum absolute atomic E-state index is 0.00156. The lowest BCUT2D eigenvalue weighted by Gasteiger charge is -2.70. The predicted molar refractivity (Wildman–Crippen MR) is 123 cm³/mol. The largest absolute Gasteiger partial charge is 0.472 e. The molecule has 1 aromatic rings. The summed E-state index contributed by atoms with van der Waals surface area (Å²) in [6.45, 7) is 12.1. The summed E-state index contributed by atoms with van der Waals surface area (Å²) < 4.78 is 23.0. The second-order valence-electron chi connectivity index (χ2n) is 11.7. The zero-order valence-electron chi connectivity index (χ0n) is 21.0. The molecule has 2 aliphatic heterocycles. The van der Waals surface area contributed by atoms with E-state index in [2.05, 4.69) is 13.5 Å². The van der Waals surface area contributed by atoms with Gasteiger partial charge in [0.25, 0.3) is 0 Å². The molecule has 3 heterocycles. The number of carbonyl (C=O) groups excluding carboxylic acids is 3. The van der Waals surface area contributed by atoms with Crippen molar-refractivity contribution >= 4 is 17.7 Å². The van der Waals surface area contributed by atoms with Crippen LogP contribution in [0.5, 0.6) is 0 Å². The second kappa shape index (κ2) is 7.53. The number of ketones is 1. The van der Waals surface area contributed by atoms with E-state index in [4.69, 9.17) is 18.6 Å². The van der Waals surface area contributed by atoms with Crippen LogP contribution >= 0.6 is 0 Å². The third kappa shape index (κ3) is 2.90. The van der Waals surface area contributed by atoms with Gasteiger partial charge in [-0.1, -0.05) is 34.3 Å². The van der Waals surface area contributed by atoms with Crippen molar-refractivity contribution in [3.8, 4) is 0 Å². The van der Waals surface area contributed by atoms with Crippen LogP contribution in [0.15, 0.2) is 35.2 Å². The molecule has 1 N–H and O–H groups in total. The van der Waals surface area contributed by atoms with Crippen molar-refractivity contribution < 1.29 is 38.1 Å². The summed E-state index contributed by atoms with van der Waals surface area (Å²) in [6, 6.07) is 1.79. The number of rotatable bonds is 3. The molecule has 5 rings (SSSR count). The molecule has 8 heteroatoms. The molecular formula is C27H34O8. The van der Waals surface area contributed by atoms with Crippen molar-refractivity contribution in [2.75, 3.05) is 7.11 Å². The van der Waals surface area contributed by atoms with E-state index in [-0.39, 0.29) is 24.5 Å². The predicted octanol–water partition coefficient (Wildman–Crippen LogP) is 3.53. The molecular weight excluding hydrogens is 452 g/mol. The molecule has 1 aromatic heterocycles. The Hall–Kier alpha value is -2.45. The lowest BCUT2D eigenvalue weighted by molar-refractivity contribution is -0.303. The Kier molecular flexibility index (Phi) is 5.22. The van der Waals surface area contributed by atoms with Crippen molar-refractivity contribution in [3.63, 3.8) is 0 Å². The molecule has 8 nitrogen and oxygen atoms in total. The van der Waals surface area contributed by atoms with E-state index in [1.54, 1.807) is 32.4 Å². The first kappa shape index (κ1) is 24.3. The van der Waals surface area contributed by atoms with Crippen molar-refractivity contribution in [2.45, 2.75) is 77.3 Å². The molecule has 2 aliphatic carbocycles. The topological polar surface area (TPSA) is 112 Å². The van der Waals surface area contributed by atoms with Crippen LogP contribution in [-0.2, 0) is 28.6 Å². The van der Waals surface area contributed by atoms with E-state index in [0.717, 1.165) is 11.1 Å². The molecule has 3 unspecified atom stereocenters. The number of aliphatic hydroxyl groups is 1. The van der Waals surface area contributed by atoms with E-state index in [1.807, 2.05) is 6.92 Å². The molecule has 1 spiro atoms. The Morgan fingerprint density at radius 2 is 1.97 bits per heavy atom. The zero-order valence-corrected chi connectivity index (χ0v) is 21.0. The van der Waals surface area contributed by atoms with Crippen molar-refractivity contribution in [1.29, 1.82) is 0 Å². The Morgan fingerprint density at radius 1 is 1.26 bits per heavy atom. The van der Waals surface area contributed by atoms with Gasteiger partial charge in [-0.3, -0.25) is 9.59 Å². The van der Waals surface area contributed by atoms with Crippen LogP contribution in [0.3, 0.4) is 0 Å². The first-order valence-electron chi connectivity index (χ1n) is 12.2. The lowest BCUT2D eigenvalue weighted by Crippen LogP contribution is -2.74. The van der Waals surface area contributed by atoms with Crippen LogP contribution < -0.4 is 0 Å². The maximum absolute atomic E-state index is 13.4. The first-order chi connectivity index (χ1) is 16.3. The Labute approximate surface area is 205 Å². The summed E-state index contributed by atoms with van der Waals surface area (Å²) in [6.07, 6.45) is 1.91. The van der Waals surface area contributed by atoms with Gasteiger partial charge in [-0.25, -0.2) is 4.79 Å². The standard InChI is InChI=1S/C27H34O8/c1-14-16-7-9-25(4)22(15-8-10-33-13-15)34-19(29)12-27(14,25)35-18-11-17(28)24(2,3)21(26(16,18)5)20(30)23(31)32-6/h8,10,13,16,18,20-22,30H,1,7,9,11-12H2,2-6H3/t16-,18?,20?,21-,22?,25-,26-,27-/m0/s1. The number of methoxy groups -OCH3 is 1. The molecule has 2 bridgehead atoms. The van der Waals surface area contributed by atoms with Crippen LogP contribution in [0.1, 0.15) is 65.0 Å². The quantitative estimate of drug-likeness (QED) is 0.510. The molecule has 8 atom stereocenters. The molecule has 4 fully saturated rings. The van der Waals surface area contributed by atoms with Gasteiger partial charge in [0.05, 0.1) is 32.2 Å². The number of ether oxygens (including phenoxy) is 3. The number of furan rings is 1. The van der Waals surface area contributed by atoms with Crippen molar-refractivity contribution in [3.05, 3.63) is 36.3 Å². The van der Waals surface area contributed by atoms with E-state index < -0.39 is 58.0 Å². The maximum atomic E-state index is 13.4. The molecule has 35 heavy (non-hydrogen) atoms. The average molecular weight is 487 g/mol. The number of hydrogen-bond donors (Lipinski definition) is 1. The summed E-state index contributed by atoms with van der Waals surface area (Å²) in [4.78, 5) is 39.0. The Bertz CT molecular complexity index is 1090. The SMILES string of the molecule is C=C1[C@@H]2CC[C@@]3(C)C(c4ccoc4)OC(=O)C[C@]13OC1CC(=O)C(C)(C)[C@H](C(O)C(=O)OC)[C@]12C. The van der Waals surface area contributed by atoms with Gasteiger partial charge in [0.1, 0.15) is 17.5 Å². The minimum Gasteiger partial charge on any atom is -0.472 e. The fraction of sp³-hybridized carbons (Fsp3) is 0.667. The summed E-state index contributed by atoms with van der Waals surface area (Å²) in [7, 11) is 1.23. The normalized spacial score (nSPS) is 43.0. The summed E-state index contributed by atoms with van der Waals surface area (Å²) in [5.74, 6) is -2.20. The van der Waals surface area contributed by atoms with Crippen LogP contribution in [-0.4, -0.2) is 47.7 Å². The lowest BCUT2D eigenvalue weighted by atomic mass is 9.41. The van der Waals surface area contributed by atoms with Gasteiger partial charge in [-0.15, -0.1) is 0 Å². The molecule has 4 aliphatic rings. The molecule has 0 aromatic carbocycles. The molecule has 190 valence electrons. The van der Waals surface area contributed by atoms with Crippen LogP contribution in [0.4, 0.5) is 0 Å².